The first-order chi connectivity index (χ1) is 13.8. The van der Waals surface area contributed by atoms with Crippen LogP contribution in [0.3, 0.4) is 0 Å². The molecule has 9 heteroatoms. The number of aromatic nitrogens is 5. The highest BCUT2D eigenvalue weighted by molar-refractivity contribution is 5.44. The molecule has 0 fully saturated rings. The topological polar surface area (TPSA) is 110 Å². The Kier molecular flexibility index (Phi) is 5.86. The van der Waals surface area contributed by atoms with Crippen LogP contribution in [0.5, 0.6) is 17.4 Å². The molecule has 0 bridgehead atoms. The van der Waals surface area contributed by atoms with E-state index in [0.29, 0.717) is 42.0 Å². The first-order valence-electron chi connectivity index (χ1n) is 9.16. The molecule has 0 radical (unpaired) electrons. The molecule has 2 N–H and O–H groups in total. The van der Waals surface area contributed by atoms with E-state index in [2.05, 4.69) is 40.8 Å². The van der Waals surface area contributed by atoms with Crippen LogP contribution in [0.2, 0.25) is 0 Å². The van der Waals surface area contributed by atoms with Gasteiger partial charge in [0.15, 0.2) is 17.3 Å². The number of nitrogen functional groups attached to an aromatic ring is 1. The largest absolute Gasteiger partial charge is 0.493 e. The zero-order chi connectivity index (χ0) is 21.0. The van der Waals surface area contributed by atoms with E-state index in [1.807, 2.05) is 18.2 Å². The number of hydrogen-bond donors (Lipinski definition) is 1. The zero-order valence-electron chi connectivity index (χ0n) is 17.3. The first kappa shape index (κ1) is 20.4. The fraction of sp³-hybridized carbons (Fsp3) is 0.400. The van der Waals surface area contributed by atoms with E-state index in [1.54, 1.807) is 25.0 Å². The second-order valence-electron chi connectivity index (χ2n) is 7.73. The predicted molar refractivity (Wildman–Crippen MR) is 109 cm³/mol. The van der Waals surface area contributed by atoms with Crippen LogP contribution in [0.25, 0.3) is 5.82 Å². The maximum Gasteiger partial charge on any atom is 0.240 e. The molecule has 0 atom stereocenters. The van der Waals surface area contributed by atoms with Crippen molar-refractivity contribution in [3.63, 3.8) is 0 Å². The van der Waals surface area contributed by atoms with Crippen molar-refractivity contribution in [2.75, 3.05) is 26.6 Å². The fourth-order valence-corrected chi connectivity index (χ4v) is 2.65. The van der Waals surface area contributed by atoms with Crippen LogP contribution < -0.4 is 19.9 Å². The summed E-state index contributed by atoms with van der Waals surface area (Å²) in [7, 11) is 3.20. The lowest BCUT2D eigenvalue weighted by atomic mass is 9.99. The van der Waals surface area contributed by atoms with Crippen molar-refractivity contribution in [1.29, 1.82) is 0 Å². The summed E-state index contributed by atoms with van der Waals surface area (Å²) in [5.41, 5.74) is 6.85. The van der Waals surface area contributed by atoms with E-state index in [0.717, 1.165) is 5.56 Å². The summed E-state index contributed by atoms with van der Waals surface area (Å²) in [5, 5.41) is 4.28. The van der Waals surface area contributed by atoms with Gasteiger partial charge in [-0.05, 0) is 23.1 Å². The molecule has 0 aliphatic heterocycles. The predicted octanol–water partition coefficient (Wildman–Crippen LogP) is 2.67. The molecule has 2 heterocycles. The quantitative estimate of drug-likeness (QED) is 0.647. The average molecular weight is 398 g/mol. The minimum Gasteiger partial charge on any atom is -0.493 e. The van der Waals surface area contributed by atoms with E-state index in [-0.39, 0.29) is 11.4 Å². The van der Waals surface area contributed by atoms with Crippen LogP contribution in [-0.4, -0.2) is 45.6 Å². The summed E-state index contributed by atoms with van der Waals surface area (Å²) < 4.78 is 18.0. The third-order valence-electron chi connectivity index (χ3n) is 4.00. The summed E-state index contributed by atoms with van der Waals surface area (Å²) >= 11 is 0. The van der Waals surface area contributed by atoms with E-state index < -0.39 is 0 Å². The molecular weight excluding hydrogens is 372 g/mol. The number of nitrogens with two attached hydrogens (primary N) is 1. The molecule has 0 amide bonds. The Morgan fingerprint density at radius 3 is 2.48 bits per heavy atom. The van der Waals surface area contributed by atoms with Gasteiger partial charge in [0.05, 0.1) is 20.8 Å². The molecule has 1 aromatic carbocycles. The van der Waals surface area contributed by atoms with Gasteiger partial charge in [-0.1, -0.05) is 26.8 Å². The molecule has 0 spiro atoms. The smallest absolute Gasteiger partial charge is 0.240 e. The van der Waals surface area contributed by atoms with Gasteiger partial charge >= 0.3 is 0 Å². The van der Waals surface area contributed by atoms with Gasteiger partial charge in [-0.15, -0.1) is 5.10 Å². The van der Waals surface area contributed by atoms with Gasteiger partial charge in [0.2, 0.25) is 11.8 Å². The van der Waals surface area contributed by atoms with Crippen molar-refractivity contribution in [1.82, 2.24) is 24.7 Å². The number of nitrogens with zero attached hydrogens (tertiary/aromatic N) is 5. The standard InChI is InChI=1S/C20H26N6O3/c1-20(2,3)11-29-18-10-16(22-12-23-18)26-17(24-19(21)25-26)9-13-6-7-14(27-4)15(8-13)28-5/h6-8,10,12H,9,11H2,1-5H3,(H2,21,25). The van der Waals surface area contributed by atoms with E-state index in [1.165, 1.54) is 6.33 Å². The molecule has 0 saturated carbocycles. The lowest BCUT2D eigenvalue weighted by Gasteiger charge is -2.18. The molecule has 154 valence electrons. The summed E-state index contributed by atoms with van der Waals surface area (Å²) in [6.07, 6.45) is 1.91. The van der Waals surface area contributed by atoms with Crippen LogP contribution in [0.1, 0.15) is 32.2 Å². The normalized spacial score (nSPS) is 11.3. The van der Waals surface area contributed by atoms with Crippen LogP contribution in [0.4, 0.5) is 5.95 Å². The fourth-order valence-electron chi connectivity index (χ4n) is 2.65. The van der Waals surface area contributed by atoms with Crippen LogP contribution in [0, 0.1) is 5.41 Å². The molecular formula is C20H26N6O3. The molecule has 0 saturated heterocycles. The molecule has 3 rings (SSSR count). The number of ether oxygens (including phenoxy) is 3. The van der Waals surface area contributed by atoms with Gasteiger partial charge in [-0.25, -0.2) is 9.97 Å². The molecule has 3 aromatic rings. The third kappa shape index (κ3) is 5.13. The monoisotopic (exact) mass is 398 g/mol. The third-order valence-corrected chi connectivity index (χ3v) is 4.00. The summed E-state index contributed by atoms with van der Waals surface area (Å²) in [4.78, 5) is 12.8. The Morgan fingerprint density at radius 1 is 1.03 bits per heavy atom. The molecule has 29 heavy (non-hydrogen) atoms. The summed E-state index contributed by atoms with van der Waals surface area (Å²) in [6.45, 7) is 6.80. The minimum atomic E-state index is 0.0153. The first-order valence-corrected chi connectivity index (χ1v) is 9.16. The maximum absolute atomic E-state index is 5.86. The van der Waals surface area contributed by atoms with E-state index in [9.17, 15) is 0 Å². The number of anilines is 1. The Bertz CT molecular complexity index is 981. The Labute approximate surface area is 169 Å². The van der Waals surface area contributed by atoms with Crippen LogP contribution in [0.15, 0.2) is 30.6 Å². The van der Waals surface area contributed by atoms with Crippen molar-refractivity contribution in [3.8, 4) is 23.2 Å². The second kappa shape index (κ2) is 8.34. The van der Waals surface area contributed by atoms with Crippen molar-refractivity contribution in [3.05, 3.63) is 42.0 Å². The van der Waals surface area contributed by atoms with Crippen LogP contribution >= 0.6 is 0 Å². The van der Waals surface area contributed by atoms with Gasteiger partial charge in [0, 0.05) is 12.5 Å². The molecule has 9 nitrogen and oxygen atoms in total. The highest BCUT2D eigenvalue weighted by atomic mass is 16.5. The second-order valence-corrected chi connectivity index (χ2v) is 7.73. The van der Waals surface area contributed by atoms with Gasteiger partial charge in [-0.2, -0.15) is 9.67 Å². The molecule has 0 aliphatic carbocycles. The SMILES string of the molecule is COc1ccc(Cc2nc(N)nn2-c2cc(OCC(C)(C)C)ncn2)cc1OC. The van der Waals surface area contributed by atoms with Gasteiger partial charge in [-0.3, -0.25) is 0 Å². The van der Waals surface area contributed by atoms with Gasteiger partial charge < -0.3 is 19.9 Å². The highest BCUT2D eigenvalue weighted by Crippen LogP contribution is 2.28. The number of rotatable bonds is 7. The van der Waals surface area contributed by atoms with Crippen molar-refractivity contribution < 1.29 is 14.2 Å². The average Bonchev–Trinajstić information content (AvgIpc) is 3.06. The highest BCUT2D eigenvalue weighted by Gasteiger charge is 2.16. The van der Waals surface area contributed by atoms with Crippen molar-refractivity contribution in [2.24, 2.45) is 5.41 Å². The molecule has 0 unspecified atom stereocenters. The van der Waals surface area contributed by atoms with E-state index in [4.69, 9.17) is 19.9 Å². The summed E-state index contributed by atoms with van der Waals surface area (Å²) in [5.74, 6) is 3.10. The minimum absolute atomic E-state index is 0.0153. The van der Waals surface area contributed by atoms with Crippen LogP contribution in [-0.2, 0) is 6.42 Å². The van der Waals surface area contributed by atoms with Crippen molar-refractivity contribution >= 4 is 5.95 Å². The van der Waals surface area contributed by atoms with Gasteiger partial charge in [0.25, 0.3) is 0 Å². The lowest BCUT2D eigenvalue weighted by Crippen LogP contribution is -2.17. The Hall–Kier alpha value is -3.36. The number of benzene rings is 1. The number of hydrogen-bond acceptors (Lipinski definition) is 8. The lowest BCUT2D eigenvalue weighted by molar-refractivity contribution is 0.191. The van der Waals surface area contributed by atoms with E-state index >= 15 is 0 Å². The maximum atomic E-state index is 5.86. The van der Waals surface area contributed by atoms with Crippen molar-refractivity contribution in [2.45, 2.75) is 27.2 Å². The molecule has 2 aromatic heterocycles. The Morgan fingerprint density at radius 2 is 1.79 bits per heavy atom. The Balaban J connectivity index is 1.88. The van der Waals surface area contributed by atoms with Gasteiger partial charge in [0.1, 0.15) is 12.2 Å². The zero-order valence-corrected chi connectivity index (χ0v) is 17.3. The molecule has 0 aliphatic rings. The summed E-state index contributed by atoms with van der Waals surface area (Å²) in [6, 6.07) is 7.40. The number of methoxy groups -OCH3 is 2.